The second kappa shape index (κ2) is 13.7. The van der Waals surface area contributed by atoms with Crippen molar-refractivity contribution in [3.8, 4) is 11.5 Å². The van der Waals surface area contributed by atoms with E-state index in [-0.39, 0.29) is 80.8 Å². The number of para-hydroxylation sites is 1. The number of phenolic OH excluding ortho intramolecular Hbond substituents is 1. The summed E-state index contributed by atoms with van der Waals surface area (Å²) in [6.07, 6.45) is 0. The molecule has 0 amide bonds. The number of aryl methyl sites for hydroxylation is 1. The van der Waals surface area contributed by atoms with Crippen molar-refractivity contribution in [2.75, 3.05) is 11.8 Å². The first-order chi connectivity index (χ1) is 18.6. The average Bonchev–Trinajstić information content (AvgIpc) is 2.86. The van der Waals surface area contributed by atoms with Crippen molar-refractivity contribution in [1.29, 1.82) is 0 Å². The van der Waals surface area contributed by atoms with Crippen LogP contribution in [-0.4, -0.2) is 106 Å². The fourth-order valence-electron chi connectivity index (χ4n) is 3.72. The third-order valence-corrected chi connectivity index (χ3v) is 8.70. The van der Waals surface area contributed by atoms with E-state index in [1.165, 1.54) is 43.5 Å². The minimum absolute atomic E-state index is 0. The van der Waals surface area contributed by atoms with E-state index < -0.39 is 62.6 Å². The fraction of sp³-hybridized carbons (Fsp3) is 0.0833. The molecule has 42 heavy (non-hydrogen) atoms. The molecule has 0 heterocycles. The molecule has 0 aliphatic rings. The maximum absolute atomic E-state index is 13.1. The predicted molar refractivity (Wildman–Crippen MR) is 156 cm³/mol. The average molecular weight is 654 g/mol. The van der Waals surface area contributed by atoms with Crippen molar-refractivity contribution in [2.24, 2.45) is 10.2 Å². The Hall–Kier alpha value is -2.09. The molecular formula is C24H21N3Na2O10S3. The van der Waals surface area contributed by atoms with Gasteiger partial charge in [0, 0.05) is 59.1 Å². The van der Waals surface area contributed by atoms with Crippen LogP contribution in [0.1, 0.15) is 5.56 Å². The van der Waals surface area contributed by atoms with Gasteiger partial charge in [0.2, 0.25) is 0 Å². The van der Waals surface area contributed by atoms with Crippen LogP contribution in [-0.2, 0) is 30.3 Å². The van der Waals surface area contributed by atoms with E-state index in [0.29, 0.717) is 0 Å². The Morgan fingerprint density at radius 1 is 0.786 bits per heavy atom. The number of anilines is 1. The zero-order valence-electron chi connectivity index (χ0n) is 22.7. The maximum atomic E-state index is 13.1. The Bertz CT molecular complexity index is 2000. The molecule has 13 nitrogen and oxygen atoms in total. The molecule has 0 spiro atoms. The van der Waals surface area contributed by atoms with Gasteiger partial charge in [-0.1, -0.05) is 29.8 Å². The molecule has 0 unspecified atom stereocenters. The number of nitrogens with zero attached hydrogens (tertiary/aromatic N) is 2. The van der Waals surface area contributed by atoms with Crippen molar-refractivity contribution in [2.45, 2.75) is 21.6 Å². The number of fused-ring (bicyclic) bond motifs is 1. The summed E-state index contributed by atoms with van der Waals surface area (Å²) in [6.45, 7) is 1.73. The zero-order valence-corrected chi connectivity index (χ0v) is 29.1. The number of rotatable bonds is 8. The summed E-state index contributed by atoms with van der Waals surface area (Å²) in [5.41, 5.74) is -0.443. The summed E-state index contributed by atoms with van der Waals surface area (Å²) in [5.74, 6) is -0.725. The van der Waals surface area contributed by atoms with E-state index in [4.69, 9.17) is 4.74 Å². The van der Waals surface area contributed by atoms with Crippen molar-refractivity contribution < 1.29 is 44.2 Å². The molecule has 18 heteroatoms. The zero-order chi connectivity index (χ0) is 29.5. The first-order valence-corrected chi connectivity index (χ1v) is 15.4. The number of sulfonamides is 1. The van der Waals surface area contributed by atoms with E-state index in [1.807, 2.05) is 0 Å². The minimum Gasteiger partial charge on any atom is -0.505 e. The standard InChI is InChI=1S/C24H21N3O10S3.2Na/c1-14-7-9-16(10-8-14)38(29,30)27-19-13-17(39(31,32)33)11-15-12-21(40(34,35)36)23(24(28)22(15)19)26-25-18-5-3-4-6-20(18)37-2;;/h3-13,27-28H,1-2H3,(H,31,32,33)(H,34,35,36);;. The van der Waals surface area contributed by atoms with E-state index in [2.05, 4.69) is 15.0 Å². The molecule has 0 atom stereocenters. The van der Waals surface area contributed by atoms with E-state index in [0.717, 1.165) is 23.8 Å². The van der Waals surface area contributed by atoms with Crippen molar-refractivity contribution in [1.82, 2.24) is 0 Å². The third kappa shape index (κ3) is 7.89. The van der Waals surface area contributed by atoms with Crippen molar-refractivity contribution >= 4 is 117 Å². The Morgan fingerprint density at radius 2 is 1.40 bits per heavy atom. The van der Waals surface area contributed by atoms with Gasteiger partial charge in [0.05, 0.1) is 28.0 Å². The van der Waals surface area contributed by atoms with Crippen LogP contribution < -0.4 is 9.46 Å². The molecule has 0 fully saturated rings. The minimum atomic E-state index is -5.11. The Kier molecular flexibility index (Phi) is 11.8. The molecule has 212 valence electrons. The molecule has 4 aromatic rings. The normalized spacial score (nSPS) is 12.0. The number of nitrogens with one attached hydrogen (secondary N) is 1. The molecule has 4 rings (SSSR count). The largest absolute Gasteiger partial charge is 0.505 e. The summed E-state index contributed by atoms with van der Waals surface area (Å²) in [7, 11) is -13.1. The van der Waals surface area contributed by atoms with Gasteiger partial charge in [-0.25, -0.2) is 8.42 Å². The van der Waals surface area contributed by atoms with Crippen molar-refractivity contribution in [3.05, 3.63) is 72.3 Å². The number of phenols is 1. The quantitative estimate of drug-likeness (QED) is 0.123. The summed E-state index contributed by atoms with van der Waals surface area (Å²) >= 11 is 0. The molecule has 0 aromatic heterocycles. The van der Waals surface area contributed by atoms with Gasteiger partial charge < -0.3 is 9.84 Å². The molecule has 0 saturated carbocycles. The molecule has 4 aromatic carbocycles. The van der Waals surface area contributed by atoms with Crippen LogP contribution in [0.2, 0.25) is 0 Å². The molecule has 0 bridgehead atoms. The molecule has 0 aliphatic carbocycles. The predicted octanol–water partition coefficient (Wildman–Crippen LogP) is 3.81. The molecule has 2 radical (unpaired) electrons. The second-order valence-corrected chi connectivity index (χ2v) is 12.9. The summed E-state index contributed by atoms with van der Waals surface area (Å²) in [5, 5.41) is 18.1. The molecule has 0 saturated heterocycles. The summed E-state index contributed by atoms with van der Waals surface area (Å²) in [4.78, 5) is -2.02. The van der Waals surface area contributed by atoms with Crippen LogP contribution in [0.25, 0.3) is 10.8 Å². The van der Waals surface area contributed by atoms with Crippen LogP contribution in [0.3, 0.4) is 0 Å². The fourth-order valence-corrected chi connectivity index (χ4v) is 5.98. The number of azo groups is 1. The number of methoxy groups -OCH3 is 1. The van der Waals surface area contributed by atoms with Crippen LogP contribution in [0.15, 0.2) is 91.6 Å². The molecule has 0 aliphatic heterocycles. The van der Waals surface area contributed by atoms with Gasteiger partial charge in [-0.05, 0) is 54.8 Å². The molecule has 4 N–H and O–H groups in total. The van der Waals surface area contributed by atoms with Gasteiger partial charge in [-0.15, -0.1) is 10.2 Å². The van der Waals surface area contributed by atoms with Crippen LogP contribution in [0, 0.1) is 6.92 Å². The Balaban J connectivity index is 0.00000308. The topological polar surface area (TPSA) is 209 Å². The van der Waals surface area contributed by atoms with Gasteiger partial charge in [0.15, 0.2) is 5.75 Å². The van der Waals surface area contributed by atoms with Gasteiger partial charge in [-0.3, -0.25) is 13.8 Å². The maximum Gasteiger partial charge on any atom is 0.296 e. The van der Waals surface area contributed by atoms with E-state index in [1.54, 1.807) is 19.1 Å². The third-order valence-electron chi connectivity index (χ3n) is 5.62. The first-order valence-electron chi connectivity index (χ1n) is 11.0. The number of hydrogen-bond acceptors (Lipinski definition) is 10. The number of benzene rings is 4. The van der Waals surface area contributed by atoms with Gasteiger partial charge in [0.1, 0.15) is 22.0 Å². The smallest absolute Gasteiger partial charge is 0.296 e. The van der Waals surface area contributed by atoms with Crippen LogP contribution >= 0.6 is 0 Å². The second-order valence-electron chi connectivity index (χ2n) is 8.38. The van der Waals surface area contributed by atoms with Crippen LogP contribution in [0.4, 0.5) is 17.1 Å². The Labute approximate surface area is 286 Å². The van der Waals surface area contributed by atoms with Gasteiger partial charge in [-0.2, -0.15) is 16.8 Å². The summed E-state index contributed by atoms with van der Waals surface area (Å²) < 4.78 is 101. The van der Waals surface area contributed by atoms with E-state index >= 15 is 0 Å². The first kappa shape index (κ1) is 36.1. The number of ether oxygens (including phenoxy) is 1. The monoisotopic (exact) mass is 653 g/mol. The summed E-state index contributed by atoms with van der Waals surface area (Å²) in [6, 6.07) is 14.1. The molecular weight excluding hydrogens is 632 g/mol. The Morgan fingerprint density at radius 3 is 1.98 bits per heavy atom. The van der Waals surface area contributed by atoms with Gasteiger partial charge >= 0.3 is 0 Å². The number of hydrogen-bond donors (Lipinski definition) is 4. The van der Waals surface area contributed by atoms with Crippen LogP contribution in [0.5, 0.6) is 11.5 Å². The van der Waals surface area contributed by atoms with Crippen molar-refractivity contribution in [3.63, 3.8) is 0 Å². The van der Waals surface area contributed by atoms with E-state index in [9.17, 15) is 39.5 Å². The number of aromatic hydroxyl groups is 1. The SMILES string of the molecule is COc1ccccc1N=Nc1c(S(=O)(=O)O)cc2cc(S(=O)(=O)O)cc(NS(=O)(=O)c3ccc(C)cc3)c2c1O.[Na].[Na]. The van der Waals surface area contributed by atoms with Gasteiger partial charge in [0.25, 0.3) is 30.3 Å².